The standard InChI is InChI=1S/C37H46N2O6/c1-6-38(7-2)21-11-22-39-34(29-16-19-31(32(24-29)43-5)44-23-20-26(3)4)33(36(41)37(39)42)35(40)28-14-17-30(18-15-28)45-25-27-12-9-8-10-13-27/h8-10,12-19,24,26,34,40H,6-7,11,20-23,25H2,1-5H3/t34-/m0/s1. The molecule has 0 unspecified atom stereocenters. The Kier molecular flexibility index (Phi) is 12.0. The summed E-state index contributed by atoms with van der Waals surface area (Å²) >= 11 is 0. The van der Waals surface area contributed by atoms with E-state index >= 15 is 0 Å². The van der Waals surface area contributed by atoms with Gasteiger partial charge in [-0.15, -0.1) is 0 Å². The number of carbonyl (C=O) groups excluding carboxylic acids is 2. The summed E-state index contributed by atoms with van der Waals surface area (Å²) in [6.45, 7) is 12.4. The third-order valence-corrected chi connectivity index (χ3v) is 8.14. The van der Waals surface area contributed by atoms with Crippen LogP contribution in [0.3, 0.4) is 0 Å². The summed E-state index contributed by atoms with van der Waals surface area (Å²) in [6, 6.07) is 21.4. The normalized spacial score (nSPS) is 16.1. The summed E-state index contributed by atoms with van der Waals surface area (Å²) in [5.74, 6) is 0.658. The first kappa shape index (κ1) is 33.6. The van der Waals surface area contributed by atoms with Crippen molar-refractivity contribution in [1.29, 1.82) is 0 Å². The number of ether oxygens (including phenoxy) is 3. The number of methoxy groups -OCH3 is 1. The predicted molar refractivity (Wildman–Crippen MR) is 177 cm³/mol. The molecule has 0 aliphatic carbocycles. The van der Waals surface area contributed by atoms with Crippen LogP contribution in [0.1, 0.15) is 63.3 Å². The zero-order valence-corrected chi connectivity index (χ0v) is 27.1. The lowest BCUT2D eigenvalue weighted by atomic mass is 9.95. The van der Waals surface area contributed by atoms with Gasteiger partial charge in [0.25, 0.3) is 11.7 Å². The maximum absolute atomic E-state index is 13.6. The van der Waals surface area contributed by atoms with Crippen LogP contribution in [0.2, 0.25) is 0 Å². The van der Waals surface area contributed by atoms with Crippen molar-refractivity contribution < 1.29 is 28.9 Å². The van der Waals surface area contributed by atoms with E-state index in [1.165, 1.54) is 0 Å². The first-order valence-corrected chi connectivity index (χ1v) is 15.9. The first-order chi connectivity index (χ1) is 21.8. The quantitative estimate of drug-likeness (QED) is 0.107. The van der Waals surface area contributed by atoms with E-state index in [4.69, 9.17) is 14.2 Å². The summed E-state index contributed by atoms with van der Waals surface area (Å²) in [7, 11) is 1.57. The van der Waals surface area contributed by atoms with E-state index in [9.17, 15) is 14.7 Å². The van der Waals surface area contributed by atoms with Crippen LogP contribution in [0.25, 0.3) is 5.76 Å². The van der Waals surface area contributed by atoms with Crippen molar-refractivity contribution in [1.82, 2.24) is 9.80 Å². The third kappa shape index (κ3) is 8.45. The molecule has 3 aromatic carbocycles. The fraction of sp³-hybridized carbons (Fsp3) is 0.405. The van der Waals surface area contributed by atoms with Gasteiger partial charge in [-0.2, -0.15) is 0 Å². The van der Waals surface area contributed by atoms with Crippen molar-refractivity contribution in [3.63, 3.8) is 0 Å². The number of amides is 1. The molecular weight excluding hydrogens is 568 g/mol. The number of aliphatic hydroxyl groups excluding tert-OH is 1. The summed E-state index contributed by atoms with van der Waals surface area (Å²) in [4.78, 5) is 30.9. The maximum Gasteiger partial charge on any atom is 0.295 e. The zero-order chi connectivity index (χ0) is 32.3. The Bertz CT molecular complexity index is 1450. The lowest BCUT2D eigenvalue weighted by molar-refractivity contribution is -0.140. The summed E-state index contributed by atoms with van der Waals surface area (Å²) < 4.78 is 17.6. The van der Waals surface area contributed by atoms with Gasteiger partial charge in [-0.1, -0.05) is 64.1 Å². The maximum atomic E-state index is 13.6. The Labute approximate surface area is 267 Å². The van der Waals surface area contributed by atoms with Crippen LogP contribution in [-0.2, 0) is 16.2 Å². The molecule has 45 heavy (non-hydrogen) atoms. The van der Waals surface area contributed by atoms with Gasteiger partial charge in [0.1, 0.15) is 18.1 Å². The van der Waals surface area contributed by atoms with Crippen LogP contribution in [0.15, 0.2) is 78.4 Å². The highest BCUT2D eigenvalue weighted by Crippen LogP contribution is 2.42. The minimum Gasteiger partial charge on any atom is -0.507 e. The van der Waals surface area contributed by atoms with Gasteiger partial charge in [0.15, 0.2) is 11.5 Å². The van der Waals surface area contributed by atoms with Crippen LogP contribution < -0.4 is 14.2 Å². The second kappa shape index (κ2) is 16.1. The van der Waals surface area contributed by atoms with E-state index in [-0.39, 0.29) is 11.3 Å². The van der Waals surface area contributed by atoms with Crippen LogP contribution in [0.5, 0.6) is 17.2 Å². The van der Waals surface area contributed by atoms with Crippen LogP contribution in [0.4, 0.5) is 0 Å². The van der Waals surface area contributed by atoms with E-state index in [0.717, 1.165) is 31.6 Å². The van der Waals surface area contributed by atoms with E-state index in [2.05, 4.69) is 32.6 Å². The van der Waals surface area contributed by atoms with Gasteiger partial charge in [0.05, 0.1) is 25.3 Å². The van der Waals surface area contributed by atoms with Gasteiger partial charge in [0.2, 0.25) is 0 Å². The molecule has 4 rings (SSSR count). The van der Waals surface area contributed by atoms with Gasteiger partial charge in [0, 0.05) is 12.1 Å². The first-order valence-electron chi connectivity index (χ1n) is 15.9. The van der Waals surface area contributed by atoms with Gasteiger partial charge in [-0.3, -0.25) is 9.59 Å². The minimum atomic E-state index is -0.783. The Morgan fingerprint density at radius 2 is 1.64 bits per heavy atom. The molecule has 240 valence electrons. The number of carbonyl (C=O) groups is 2. The Balaban J connectivity index is 1.66. The predicted octanol–water partition coefficient (Wildman–Crippen LogP) is 6.85. The smallest absolute Gasteiger partial charge is 0.295 e. The Morgan fingerprint density at radius 3 is 2.29 bits per heavy atom. The van der Waals surface area contributed by atoms with Gasteiger partial charge < -0.3 is 29.1 Å². The lowest BCUT2D eigenvalue weighted by Crippen LogP contribution is -2.33. The Morgan fingerprint density at radius 1 is 0.933 bits per heavy atom. The van der Waals surface area contributed by atoms with Gasteiger partial charge in [-0.25, -0.2) is 0 Å². The van der Waals surface area contributed by atoms with E-state index in [0.29, 0.717) is 60.5 Å². The molecule has 1 atom stereocenters. The van der Waals surface area contributed by atoms with Crippen molar-refractivity contribution in [2.24, 2.45) is 5.92 Å². The van der Waals surface area contributed by atoms with E-state index in [1.54, 1.807) is 42.3 Å². The van der Waals surface area contributed by atoms with Crippen molar-refractivity contribution >= 4 is 17.4 Å². The highest BCUT2D eigenvalue weighted by atomic mass is 16.5. The van der Waals surface area contributed by atoms with Gasteiger partial charge in [-0.05, 0) is 85.9 Å². The molecule has 3 aromatic rings. The highest BCUT2D eigenvalue weighted by Gasteiger charge is 2.46. The molecule has 1 heterocycles. The molecule has 0 saturated carbocycles. The number of hydrogen-bond donors (Lipinski definition) is 1. The molecule has 1 saturated heterocycles. The van der Waals surface area contributed by atoms with Crippen molar-refractivity contribution in [2.45, 2.75) is 53.2 Å². The van der Waals surface area contributed by atoms with Crippen molar-refractivity contribution in [3.05, 3.63) is 95.1 Å². The number of rotatable bonds is 16. The van der Waals surface area contributed by atoms with Crippen LogP contribution in [-0.4, -0.2) is 66.5 Å². The van der Waals surface area contributed by atoms with Crippen LogP contribution in [0, 0.1) is 5.92 Å². The van der Waals surface area contributed by atoms with Crippen LogP contribution >= 0.6 is 0 Å². The molecule has 0 spiro atoms. The third-order valence-electron chi connectivity index (χ3n) is 8.14. The summed E-state index contributed by atoms with van der Waals surface area (Å²) in [5, 5.41) is 11.6. The second-order valence-corrected chi connectivity index (χ2v) is 11.6. The largest absolute Gasteiger partial charge is 0.507 e. The molecule has 1 N–H and O–H groups in total. The van der Waals surface area contributed by atoms with Crippen molar-refractivity contribution in [2.75, 3.05) is 39.9 Å². The molecular formula is C37H46N2O6. The molecule has 8 nitrogen and oxygen atoms in total. The molecule has 1 aliphatic rings. The molecule has 0 bridgehead atoms. The number of aliphatic hydroxyl groups is 1. The molecule has 8 heteroatoms. The number of nitrogens with zero attached hydrogens (tertiary/aromatic N) is 2. The molecule has 1 amide bonds. The summed E-state index contributed by atoms with van der Waals surface area (Å²) in [6.07, 6.45) is 1.58. The molecule has 0 radical (unpaired) electrons. The fourth-order valence-corrected chi connectivity index (χ4v) is 5.45. The molecule has 1 fully saturated rings. The highest BCUT2D eigenvalue weighted by molar-refractivity contribution is 6.46. The molecule has 1 aliphatic heterocycles. The fourth-order valence-electron chi connectivity index (χ4n) is 5.45. The number of ketones is 1. The molecule has 0 aromatic heterocycles. The van der Waals surface area contributed by atoms with E-state index < -0.39 is 17.7 Å². The average molecular weight is 615 g/mol. The second-order valence-electron chi connectivity index (χ2n) is 11.6. The number of hydrogen-bond acceptors (Lipinski definition) is 7. The number of likely N-dealkylation sites (tertiary alicyclic amines) is 1. The lowest BCUT2D eigenvalue weighted by Gasteiger charge is -2.27. The van der Waals surface area contributed by atoms with Gasteiger partial charge >= 0.3 is 0 Å². The van der Waals surface area contributed by atoms with E-state index in [1.807, 2.05) is 42.5 Å². The topological polar surface area (TPSA) is 88.5 Å². The summed E-state index contributed by atoms with van der Waals surface area (Å²) in [5.41, 5.74) is 2.18. The number of benzene rings is 3. The van der Waals surface area contributed by atoms with Crippen molar-refractivity contribution in [3.8, 4) is 17.2 Å². The SMILES string of the molecule is CCN(CC)CCCN1C(=O)C(=O)C(=C(O)c2ccc(OCc3ccccc3)cc2)[C@@H]1c1ccc(OCCC(C)C)c(OC)c1. The monoisotopic (exact) mass is 614 g/mol. The minimum absolute atomic E-state index is 0.0522. The zero-order valence-electron chi connectivity index (χ0n) is 27.1. The Hall–Kier alpha value is -4.30. The average Bonchev–Trinajstić information content (AvgIpc) is 3.31. The number of Topliss-reactive ketones (excluding diaryl/α,β-unsaturated/α-hetero) is 1.